The predicted octanol–water partition coefficient (Wildman–Crippen LogP) is 2.73. The number of nitrogens with zero attached hydrogens (tertiary/aromatic N) is 2. The molecule has 7 heteroatoms. The predicted molar refractivity (Wildman–Crippen MR) is 83.5 cm³/mol. The summed E-state index contributed by atoms with van der Waals surface area (Å²) in [4.78, 5) is 13.5. The molecule has 4 nitrogen and oxygen atoms in total. The summed E-state index contributed by atoms with van der Waals surface area (Å²) in [6.45, 7) is 0. The van der Waals surface area contributed by atoms with Gasteiger partial charge in [0, 0.05) is 19.1 Å². The highest BCUT2D eigenvalue weighted by atomic mass is 35.5. The van der Waals surface area contributed by atoms with Crippen LogP contribution in [0.4, 0.5) is 5.69 Å². The van der Waals surface area contributed by atoms with Crippen LogP contribution in [0, 0.1) is 11.3 Å². The van der Waals surface area contributed by atoms with Gasteiger partial charge in [0.05, 0.1) is 17.0 Å². The number of benzene rings is 1. The number of thioether (sulfide) groups is 1. The van der Waals surface area contributed by atoms with Crippen LogP contribution in [0.2, 0.25) is 5.02 Å². The molecule has 0 aliphatic rings. The number of nitrogens with one attached hydrogen (secondary N) is 1. The molecule has 0 aliphatic heterocycles. The molecule has 0 atom stereocenters. The van der Waals surface area contributed by atoms with Gasteiger partial charge in [0.1, 0.15) is 10.4 Å². The van der Waals surface area contributed by atoms with Gasteiger partial charge in [0.15, 0.2) is 0 Å². The topological polar surface area (TPSA) is 56.1 Å². The molecular formula is C12H12ClN3OS2. The van der Waals surface area contributed by atoms with Crippen LogP contribution in [0.1, 0.15) is 5.56 Å². The summed E-state index contributed by atoms with van der Waals surface area (Å²) in [5, 5.41) is 12.1. The number of nitriles is 1. The Morgan fingerprint density at radius 1 is 1.58 bits per heavy atom. The van der Waals surface area contributed by atoms with Crippen molar-refractivity contribution >= 4 is 51.5 Å². The van der Waals surface area contributed by atoms with Crippen molar-refractivity contribution in [3.63, 3.8) is 0 Å². The van der Waals surface area contributed by atoms with Gasteiger partial charge in [-0.15, -0.1) is 0 Å². The number of thiocarbonyl (C=S) groups is 1. The molecule has 100 valence electrons. The van der Waals surface area contributed by atoms with Crippen molar-refractivity contribution in [3.05, 3.63) is 28.8 Å². The van der Waals surface area contributed by atoms with E-state index in [9.17, 15) is 4.79 Å². The first-order valence-corrected chi connectivity index (χ1v) is 7.05. The molecule has 0 saturated carbocycles. The van der Waals surface area contributed by atoms with Gasteiger partial charge >= 0.3 is 0 Å². The third-order valence-electron chi connectivity index (χ3n) is 2.07. The molecule has 19 heavy (non-hydrogen) atoms. The fourth-order valence-electron chi connectivity index (χ4n) is 1.16. The molecule has 0 unspecified atom stereocenters. The van der Waals surface area contributed by atoms with Crippen LogP contribution in [0.5, 0.6) is 0 Å². The highest BCUT2D eigenvalue weighted by Crippen LogP contribution is 2.20. The second-order valence-corrected chi connectivity index (χ2v) is 5.84. The largest absolute Gasteiger partial charge is 0.364 e. The SMILES string of the molecule is CN(C)C(=S)SCC(=O)Nc1cc(Cl)ccc1C#N. The van der Waals surface area contributed by atoms with E-state index in [1.165, 1.54) is 11.8 Å². The minimum absolute atomic E-state index is 0.189. The van der Waals surface area contributed by atoms with Gasteiger partial charge in [-0.3, -0.25) is 4.79 Å². The Hall–Kier alpha value is -1.29. The van der Waals surface area contributed by atoms with Gasteiger partial charge in [-0.05, 0) is 18.2 Å². The van der Waals surface area contributed by atoms with Gasteiger partial charge < -0.3 is 10.2 Å². The number of carbonyl (C=O) groups excluding carboxylic acids is 1. The Kier molecular flexibility index (Phi) is 6.09. The maximum atomic E-state index is 11.8. The first-order valence-electron chi connectivity index (χ1n) is 5.27. The molecule has 0 spiro atoms. The molecule has 0 aromatic heterocycles. The number of anilines is 1. The van der Waals surface area contributed by atoms with Crippen LogP contribution >= 0.6 is 35.6 Å². The number of carbonyl (C=O) groups is 1. The fourth-order valence-corrected chi connectivity index (χ4v) is 2.09. The Morgan fingerprint density at radius 3 is 2.84 bits per heavy atom. The van der Waals surface area contributed by atoms with E-state index in [1.807, 2.05) is 20.2 Å². The van der Waals surface area contributed by atoms with E-state index in [0.717, 1.165) is 0 Å². The Labute approximate surface area is 126 Å². The van der Waals surface area contributed by atoms with E-state index in [0.29, 0.717) is 20.6 Å². The zero-order chi connectivity index (χ0) is 14.4. The molecule has 0 radical (unpaired) electrons. The Bertz CT molecular complexity index is 540. The van der Waals surface area contributed by atoms with E-state index in [2.05, 4.69) is 5.32 Å². The molecule has 0 saturated heterocycles. The molecule has 1 N–H and O–H groups in total. The van der Waals surface area contributed by atoms with Crippen LogP contribution in [0.15, 0.2) is 18.2 Å². The zero-order valence-electron chi connectivity index (χ0n) is 10.4. The molecule has 1 rings (SSSR count). The number of hydrogen-bond acceptors (Lipinski definition) is 4. The van der Waals surface area contributed by atoms with Crippen LogP contribution in [0.3, 0.4) is 0 Å². The van der Waals surface area contributed by atoms with E-state index in [-0.39, 0.29) is 11.7 Å². The van der Waals surface area contributed by atoms with Gasteiger partial charge in [0.2, 0.25) is 5.91 Å². The minimum atomic E-state index is -0.229. The van der Waals surface area contributed by atoms with Crippen LogP contribution < -0.4 is 5.32 Å². The van der Waals surface area contributed by atoms with Gasteiger partial charge in [-0.1, -0.05) is 35.6 Å². The average Bonchev–Trinajstić information content (AvgIpc) is 2.36. The van der Waals surface area contributed by atoms with E-state index in [4.69, 9.17) is 29.1 Å². The summed E-state index contributed by atoms with van der Waals surface area (Å²) in [5.41, 5.74) is 0.786. The molecular weight excluding hydrogens is 302 g/mol. The Balaban J connectivity index is 2.65. The van der Waals surface area contributed by atoms with E-state index < -0.39 is 0 Å². The first-order chi connectivity index (χ1) is 8.93. The monoisotopic (exact) mass is 313 g/mol. The summed E-state index contributed by atoms with van der Waals surface area (Å²) < 4.78 is 0.627. The number of amides is 1. The second kappa shape index (κ2) is 7.34. The lowest BCUT2D eigenvalue weighted by molar-refractivity contribution is -0.113. The number of rotatable bonds is 3. The lowest BCUT2D eigenvalue weighted by atomic mass is 10.2. The van der Waals surface area contributed by atoms with Crippen molar-refractivity contribution in [2.75, 3.05) is 25.2 Å². The van der Waals surface area contributed by atoms with E-state index in [1.54, 1.807) is 23.1 Å². The smallest absolute Gasteiger partial charge is 0.234 e. The molecule has 0 aliphatic carbocycles. The zero-order valence-corrected chi connectivity index (χ0v) is 12.8. The number of halogens is 1. The first kappa shape index (κ1) is 15.8. The lowest BCUT2D eigenvalue weighted by Gasteiger charge is -2.12. The highest BCUT2D eigenvalue weighted by molar-refractivity contribution is 8.23. The molecule has 1 amide bonds. The van der Waals surface area contributed by atoms with E-state index >= 15 is 0 Å². The number of hydrogen-bond donors (Lipinski definition) is 1. The van der Waals surface area contributed by atoms with Crippen LogP contribution in [-0.2, 0) is 4.79 Å². The Morgan fingerprint density at radius 2 is 2.26 bits per heavy atom. The molecule has 0 fully saturated rings. The molecule has 1 aromatic carbocycles. The standard InChI is InChI=1S/C12H12ClN3OS2/c1-16(2)12(18)19-7-11(17)15-10-5-9(13)4-3-8(10)6-14/h3-5H,7H2,1-2H3,(H,15,17). The quantitative estimate of drug-likeness (QED) is 0.870. The molecule has 1 aromatic rings. The summed E-state index contributed by atoms with van der Waals surface area (Å²) in [5.74, 6) is -0.0399. The van der Waals surface area contributed by atoms with Crippen molar-refractivity contribution in [3.8, 4) is 6.07 Å². The van der Waals surface area contributed by atoms with Crippen molar-refractivity contribution < 1.29 is 4.79 Å². The van der Waals surface area contributed by atoms with Crippen LogP contribution in [0.25, 0.3) is 0 Å². The van der Waals surface area contributed by atoms with Crippen LogP contribution in [-0.4, -0.2) is 35.0 Å². The van der Waals surface area contributed by atoms with Gasteiger partial charge in [-0.2, -0.15) is 5.26 Å². The van der Waals surface area contributed by atoms with Crippen molar-refractivity contribution in [1.29, 1.82) is 5.26 Å². The maximum absolute atomic E-state index is 11.8. The third kappa shape index (κ3) is 5.07. The highest BCUT2D eigenvalue weighted by Gasteiger charge is 2.09. The van der Waals surface area contributed by atoms with Gasteiger partial charge in [0.25, 0.3) is 0 Å². The second-order valence-electron chi connectivity index (χ2n) is 3.80. The maximum Gasteiger partial charge on any atom is 0.234 e. The van der Waals surface area contributed by atoms with Gasteiger partial charge in [-0.25, -0.2) is 0 Å². The normalized spacial score (nSPS) is 9.58. The molecule has 0 bridgehead atoms. The fraction of sp³-hybridized carbons (Fsp3) is 0.250. The summed E-state index contributed by atoms with van der Waals surface area (Å²) in [7, 11) is 3.63. The van der Waals surface area contributed by atoms with Crippen molar-refractivity contribution in [1.82, 2.24) is 4.90 Å². The minimum Gasteiger partial charge on any atom is -0.364 e. The lowest BCUT2D eigenvalue weighted by Crippen LogP contribution is -2.21. The average molecular weight is 314 g/mol. The summed E-state index contributed by atoms with van der Waals surface area (Å²) in [6.07, 6.45) is 0. The summed E-state index contributed by atoms with van der Waals surface area (Å²) >= 11 is 12.2. The van der Waals surface area contributed by atoms with Crippen molar-refractivity contribution in [2.24, 2.45) is 0 Å². The van der Waals surface area contributed by atoms with Crippen molar-refractivity contribution in [2.45, 2.75) is 0 Å². The summed E-state index contributed by atoms with van der Waals surface area (Å²) in [6, 6.07) is 6.71. The molecule has 0 heterocycles. The third-order valence-corrected chi connectivity index (χ3v) is 4.04.